The monoisotopic (exact) mass is 540 g/mol. The van der Waals surface area contributed by atoms with Gasteiger partial charge in [0.1, 0.15) is 35.7 Å². The summed E-state index contributed by atoms with van der Waals surface area (Å²) in [7, 11) is 0. The molecule has 1 amide bonds. The molecule has 10 heteroatoms. The second-order valence-electron chi connectivity index (χ2n) is 9.01. The minimum absolute atomic E-state index is 0.00509. The topological polar surface area (TPSA) is 74.9 Å². The van der Waals surface area contributed by atoms with Crippen LogP contribution >= 0.6 is 23.2 Å². The molecule has 1 aliphatic heterocycles. The molecule has 0 bridgehead atoms. The van der Waals surface area contributed by atoms with Gasteiger partial charge in [-0.1, -0.05) is 36.5 Å². The fourth-order valence-electron chi connectivity index (χ4n) is 4.67. The number of halogens is 4. The van der Waals surface area contributed by atoms with Crippen molar-refractivity contribution in [3.05, 3.63) is 63.8 Å². The van der Waals surface area contributed by atoms with Gasteiger partial charge in [-0.05, 0) is 43.5 Å². The zero-order chi connectivity index (χ0) is 25.8. The van der Waals surface area contributed by atoms with Crippen molar-refractivity contribution in [1.29, 1.82) is 0 Å². The maximum absolute atomic E-state index is 13.7. The highest BCUT2D eigenvalue weighted by Crippen LogP contribution is 2.27. The van der Waals surface area contributed by atoms with Gasteiger partial charge in [0.05, 0.1) is 10.0 Å². The molecule has 0 radical (unpaired) electrons. The number of ether oxygens (including phenoxy) is 1. The molecular formula is C26H28Cl2F2N2O4. The number of carbonyl (C=O) groups excluding carboxylic acids is 1. The van der Waals surface area contributed by atoms with E-state index in [1.807, 2.05) is 0 Å². The molecule has 6 nitrogen and oxygen atoms in total. The summed E-state index contributed by atoms with van der Waals surface area (Å²) < 4.78 is 38.4. The largest absolute Gasteiger partial charge is 0.491 e. The van der Waals surface area contributed by atoms with E-state index in [4.69, 9.17) is 32.4 Å². The first-order valence-corrected chi connectivity index (χ1v) is 12.7. The SMILES string of the molecule is CCC1CCCC(CNC(=O)c2cc3cc(Cl)c(F)cc3o2)N1CC(O)COc1ccc(Cl)c(F)c1. The summed E-state index contributed by atoms with van der Waals surface area (Å²) in [6.45, 7) is 2.79. The summed E-state index contributed by atoms with van der Waals surface area (Å²) >= 11 is 11.5. The predicted molar refractivity (Wildman–Crippen MR) is 135 cm³/mol. The van der Waals surface area contributed by atoms with E-state index in [0.29, 0.717) is 18.5 Å². The Balaban J connectivity index is 1.37. The van der Waals surface area contributed by atoms with Gasteiger partial charge in [0.25, 0.3) is 5.91 Å². The van der Waals surface area contributed by atoms with Gasteiger partial charge >= 0.3 is 0 Å². The van der Waals surface area contributed by atoms with Gasteiger partial charge in [-0.3, -0.25) is 9.69 Å². The summed E-state index contributed by atoms with van der Waals surface area (Å²) in [5.74, 6) is -1.24. The van der Waals surface area contributed by atoms with Crippen LogP contribution in [0.3, 0.4) is 0 Å². The molecule has 3 unspecified atom stereocenters. The molecule has 1 aromatic heterocycles. The Bertz CT molecular complexity index is 1180. The van der Waals surface area contributed by atoms with Crippen LogP contribution in [0.5, 0.6) is 5.75 Å². The minimum atomic E-state index is -0.816. The number of nitrogens with zero attached hydrogens (tertiary/aromatic N) is 1. The van der Waals surface area contributed by atoms with Gasteiger partial charge in [-0.25, -0.2) is 8.78 Å². The maximum atomic E-state index is 13.7. The van der Waals surface area contributed by atoms with Gasteiger partial charge in [0.2, 0.25) is 0 Å². The molecule has 2 N–H and O–H groups in total. The van der Waals surface area contributed by atoms with E-state index in [9.17, 15) is 18.7 Å². The Labute approximate surface area is 218 Å². The quantitative estimate of drug-likeness (QED) is 0.357. The molecule has 0 saturated carbocycles. The highest BCUT2D eigenvalue weighted by atomic mass is 35.5. The van der Waals surface area contributed by atoms with E-state index < -0.39 is 23.6 Å². The molecule has 4 rings (SSSR count). The van der Waals surface area contributed by atoms with Crippen molar-refractivity contribution in [2.24, 2.45) is 0 Å². The Morgan fingerprint density at radius 3 is 2.67 bits per heavy atom. The van der Waals surface area contributed by atoms with Crippen LogP contribution in [0.2, 0.25) is 10.0 Å². The van der Waals surface area contributed by atoms with Crippen molar-refractivity contribution in [1.82, 2.24) is 10.2 Å². The lowest BCUT2D eigenvalue weighted by Crippen LogP contribution is -2.54. The number of hydrogen-bond acceptors (Lipinski definition) is 5. The first-order chi connectivity index (χ1) is 17.2. The highest BCUT2D eigenvalue weighted by molar-refractivity contribution is 6.31. The Kier molecular flexibility index (Phi) is 8.72. The lowest BCUT2D eigenvalue weighted by Gasteiger charge is -2.43. The van der Waals surface area contributed by atoms with E-state index in [1.54, 1.807) is 6.07 Å². The number of fused-ring (bicyclic) bond motifs is 1. The number of furan rings is 1. The van der Waals surface area contributed by atoms with E-state index in [2.05, 4.69) is 17.1 Å². The predicted octanol–water partition coefficient (Wildman–Crippen LogP) is 5.82. The third-order valence-corrected chi connectivity index (χ3v) is 7.12. The van der Waals surface area contributed by atoms with E-state index in [0.717, 1.165) is 31.7 Å². The van der Waals surface area contributed by atoms with Crippen molar-refractivity contribution in [3.8, 4) is 5.75 Å². The smallest absolute Gasteiger partial charge is 0.287 e. The van der Waals surface area contributed by atoms with Crippen LogP contribution in [0.4, 0.5) is 8.78 Å². The average molecular weight is 541 g/mol. The highest BCUT2D eigenvalue weighted by Gasteiger charge is 2.31. The number of piperidine rings is 1. The van der Waals surface area contributed by atoms with Crippen molar-refractivity contribution < 1.29 is 27.8 Å². The van der Waals surface area contributed by atoms with Gasteiger partial charge in [-0.2, -0.15) is 0 Å². The number of aliphatic hydroxyl groups excluding tert-OH is 1. The molecule has 36 heavy (non-hydrogen) atoms. The van der Waals surface area contributed by atoms with Crippen LogP contribution in [0.25, 0.3) is 11.0 Å². The number of hydrogen-bond donors (Lipinski definition) is 2. The van der Waals surface area contributed by atoms with Crippen LogP contribution in [0.1, 0.15) is 43.2 Å². The third-order valence-electron chi connectivity index (χ3n) is 6.52. The van der Waals surface area contributed by atoms with E-state index in [-0.39, 0.29) is 45.8 Å². The van der Waals surface area contributed by atoms with Crippen molar-refractivity contribution >= 4 is 40.1 Å². The lowest BCUT2D eigenvalue weighted by atomic mass is 9.93. The summed E-state index contributed by atoms with van der Waals surface area (Å²) in [5.41, 5.74) is 0.246. The zero-order valence-corrected chi connectivity index (χ0v) is 21.3. The normalized spacial score (nSPS) is 19.4. The number of likely N-dealkylation sites (tertiary alicyclic amines) is 1. The molecule has 2 heterocycles. The van der Waals surface area contributed by atoms with Crippen LogP contribution in [-0.4, -0.2) is 53.8 Å². The van der Waals surface area contributed by atoms with Gasteiger partial charge in [-0.15, -0.1) is 0 Å². The van der Waals surface area contributed by atoms with Crippen molar-refractivity contribution in [2.75, 3.05) is 19.7 Å². The number of β-amino-alcohol motifs (C(OH)–C–C–N with tert-alkyl or cyclic N) is 1. The lowest BCUT2D eigenvalue weighted by molar-refractivity contribution is 0.0101. The maximum Gasteiger partial charge on any atom is 0.287 e. The average Bonchev–Trinajstić information content (AvgIpc) is 3.26. The Hall–Kier alpha value is -2.39. The third kappa shape index (κ3) is 6.29. The molecule has 1 fully saturated rings. The number of nitrogens with one attached hydrogen (secondary N) is 1. The van der Waals surface area contributed by atoms with E-state index in [1.165, 1.54) is 24.3 Å². The fourth-order valence-corrected chi connectivity index (χ4v) is 4.96. The second-order valence-corrected chi connectivity index (χ2v) is 9.82. The standard InChI is InChI=1S/C26H28Cl2F2N2O4/c1-2-16-4-3-5-17(32(16)13-18(33)14-35-19-6-7-20(27)22(29)10-19)12-31-26(34)25-9-15-8-21(28)23(30)11-24(15)36-25/h6-11,16-18,33H,2-5,12-14H2,1H3,(H,31,34). The zero-order valence-electron chi connectivity index (χ0n) is 19.8. The second kappa shape index (κ2) is 11.8. The number of carbonyl (C=O) groups is 1. The van der Waals surface area contributed by atoms with Gasteiger partial charge < -0.3 is 19.6 Å². The Morgan fingerprint density at radius 2 is 1.92 bits per heavy atom. The number of amides is 1. The fraction of sp³-hybridized carbons (Fsp3) is 0.423. The molecule has 0 spiro atoms. The van der Waals surface area contributed by atoms with E-state index >= 15 is 0 Å². The first-order valence-electron chi connectivity index (χ1n) is 11.9. The first kappa shape index (κ1) is 26.7. The van der Waals surface area contributed by atoms with Crippen molar-refractivity contribution in [2.45, 2.75) is 50.8 Å². The molecule has 3 atom stereocenters. The van der Waals surface area contributed by atoms with Gasteiger partial charge in [0, 0.05) is 42.7 Å². The Morgan fingerprint density at radius 1 is 1.17 bits per heavy atom. The van der Waals surface area contributed by atoms with Crippen LogP contribution in [-0.2, 0) is 0 Å². The van der Waals surface area contributed by atoms with Crippen LogP contribution in [0.15, 0.2) is 40.8 Å². The summed E-state index contributed by atoms with van der Waals surface area (Å²) in [4.78, 5) is 15.0. The molecule has 1 aliphatic rings. The molecular weight excluding hydrogens is 513 g/mol. The number of aliphatic hydroxyl groups is 1. The minimum Gasteiger partial charge on any atom is -0.491 e. The van der Waals surface area contributed by atoms with Crippen LogP contribution < -0.4 is 10.1 Å². The summed E-state index contributed by atoms with van der Waals surface area (Å²) in [5, 5.41) is 14.1. The van der Waals surface area contributed by atoms with Gasteiger partial charge in [0.15, 0.2) is 5.76 Å². The molecule has 3 aromatic rings. The number of rotatable bonds is 9. The number of benzene rings is 2. The summed E-state index contributed by atoms with van der Waals surface area (Å²) in [6.07, 6.45) is 2.94. The van der Waals surface area contributed by atoms with Crippen LogP contribution in [0, 0.1) is 11.6 Å². The molecule has 1 saturated heterocycles. The summed E-state index contributed by atoms with van der Waals surface area (Å²) in [6, 6.07) is 8.50. The molecule has 2 aromatic carbocycles. The van der Waals surface area contributed by atoms with Crippen molar-refractivity contribution in [3.63, 3.8) is 0 Å². The molecule has 0 aliphatic carbocycles. The molecule has 194 valence electrons.